The fourth-order valence-electron chi connectivity index (χ4n) is 1.95. The summed E-state index contributed by atoms with van der Waals surface area (Å²) in [5, 5.41) is 7.38. The molecule has 7 heteroatoms. The molecule has 0 saturated heterocycles. The van der Waals surface area contributed by atoms with Gasteiger partial charge in [-0.2, -0.15) is 4.98 Å². The van der Waals surface area contributed by atoms with Crippen molar-refractivity contribution in [3.63, 3.8) is 0 Å². The molecule has 0 aliphatic heterocycles. The number of carbonyl (C=O) groups is 1. The molecule has 2 aromatic heterocycles. The van der Waals surface area contributed by atoms with Crippen LogP contribution in [0.2, 0.25) is 0 Å². The summed E-state index contributed by atoms with van der Waals surface area (Å²) in [6.45, 7) is 5.99. The van der Waals surface area contributed by atoms with E-state index in [1.54, 1.807) is 4.52 Å². The lowest BCUT2D eigenvalue weighted by atomic mass is 10.3. The summed E-state index contributed by atoms with van der Waals surface area (Å²) in [5.74, 6) is 0.685. The first kappa shape index (κ1) is 14.8. The van der Waals surface area contributed by atoms with Crippen LogP contribution in [0.3, 0.4) is 0 Å². The number of rotatable bonds is 6. The molecule has 2 aromatic rings. The Bertz CT molecular complexity index is 593. The number of hydrogen-bond acceptors (Lipinski definition) is 4. The van der Waals surface area contributed by atoms with Crippen LogP contribution in [0, 0.1) is 0 Å². The average Bonchev–Trinajstić information content (AvgIpc) is 2.82. The average molecular weight is 340 g/mol. The molecule has 20 heavy (non-hydrogen) atoms. The normalized spacial score (nSPS) is 10.8. The molecule has 0 aromatic carbocycles. The Morgan fingerprint density at radius 2 is 2.15 bits per heavy atom. The lowest BCUT2D eigenvalue weighted by Gasteiger charge is -2.18. The molecule has 2 heterocycles. The number of hydrogen-bond donors (Lipinski definition) is 1. The third-order valence-electron chi connectivity index (χ3n) is 3.03. The van der Waals surface area contributed by atoms with Gasteiger partial charge in [-0.05, 0) is 41.9 Å². The first-order chi connectivity index (χ1) is 9.63. The molecule has 0 fully saturated rings. The summed E-state index contributed by atoms with van der Waals surface area (Å²) in [6, 6.07) is 3.79. The van der Waals surface area contributed by atoms with E-state index >= 15 is 0 Å². The number of fused-ring (bicyclic) bond motifs is 1. The van der Waals surface area contributed by atoms with Gasteiger partial charge in [0.05, 0.1) is 0 Å². The molecule has 0 spiro atoms. The number of nitrogens with one attached hydrogen (secondary N) is 1. The van der Waals surface area contributed by atoms with E-state index in [1.165, 1.54) is 0 Å². The van der Waals surface area contributed by atoms with E-state index in [2.05, 4.69) is 31.3 Å². The Kier molecular flexibility index (Phi) is 4.94. The third-order valence-corrected chi connectivity index (χ3v) is 3.50. The van der Waals surface area contributed by atoms with Crippen LogP contribution in [0.25, 0.3) is 5.65 Å². The summed E-state index contributed by atoms with van der Waals surface area (Å²) in [5.41, 5.74) is 0.769. The Labute approximate surface area is 126 Å². The van der Waals surface area contributed by atoms with Crippen molar-refractivity contribution in [1.82, 2.24) is 19.5 Å². The molecular weight excluding hydrogens is 322 g/mol. The van der Waals surface area contributed by atoms with Crippen LogP contribution in [0.1, 0.15) is 20.3 Å². The van der Waals surface area contributed by atoms with Crippen LogP contribution in [-0.2, 0) is 4.79 Å². The van der Waals surface area contributed by atoms with Gasteiger partial charge in [0.25, 0.3) is 0 Å². The second-order valence-electron chi connectivity index (χ2n) is 4.33. The maximum Gasteiger partial charge on any atom is 0.243 e. The van der Waals surface area contributed by atoms with Crippen molar-refractivity contribution in [2.24, 2.45) is 0 Å². The third kappa shape index (κ3) is 3.47. The van der Waals surface area contributed by atoms with E-state index < -0.39 is 0 Å². The number of amides is 1. The largest absolute Gasteiger partial charge is 0.352 e. The first-order valence-corrected chi connectivity index (χ1v) is 7.47. The standard InChI is InChI=1S/C13H18BrN5O/c1-3-18(4-2)12(20)7-8-15-13-16-11-6-5-10(14)9-19(11)17-13/h5-6,9H,3-4,7-8H2,1-2H3,(H,15,17). The molecule has 0 aliphatic carbocycles. The monoisotopic (exact) mass is 339 g/mol. The molecule has 0 bridgehead atoms. The van der Waals surface area contributed by atoms with Crippen molar-refractivity contribution in [1.29, 1.82) is 0 Å². The molecule has 0 aliphatic rings. The number of pyridine rings is 1. The highest BCUT2D eigenvalue weighted by atomic mass is 79.9. The van der Waals surface area contributed by atoms with Gasteiger partial charge in [0.1, 0.15) is 0 Å². The highest BCUT2D eigenvalue weighted by molar-refractivity contribution is 9.10. The Morgan fingerprint density at radius 3 is 2.85 bits per heavy atom. The minimum Gasteiger partial charge on any atom is -0.352 e. The molecule has 0 saturated carbocycles. The maximum atomic E-state index is 11.8. The zero-order chi connectivity index (χ0) is 14.5. The van der Waals surface area contributed by atoms with Crippen molar-refractivity contribution >= 4 is 33.4 Å². The minimum absolute atomic E-state index is 0.147. The van der Waals surface area contributed by atoms with Crippen molar-refractivity contribution in [2.45, 2.75) is 20.3 Å². The quantitative estimate of drug-likeness (QED) is 0.875. The van der Waals surface area contributed by atoms with E-state index in [4.69, 9.17) is 0 Å². The summed E-state index contributed by atoms with van der Waals surface area (Å²) in [7, 11) is 0. The van der Waals surface area contributed by atoms with Gasteiger partial charge in [0.2, 0.25) is 11.9 Å². The fraction of sp³-hybridized carbons (Fsp3) is 0.462. The van der Waals surface area contributed by atoms with Crippen molar-refractivity contribution in [3.05, 3.63) is 22.8 Å². The van der Waals surface area contributed by atoms with Crippen LogP contribution in [-0.4, -0.2) is 45.0 Å². The number of halogens is 1. The van der Waals surface area contributed by atoms with Gasteiger partial charge in [0.15, 0.2) is 5.65 Å². The molecule has 0 unspecified atom stereocenters. The predicted molar refractivity (Wildman–Crippen MR) is 81.7 cm³/mol. The second kappa shape index (κ2) is 6.69. The van der Waals surface area contributed by atoms with Gasteiger partial charge in [-0.15, -0.1) is 5.10 Å². The molecule has 0 atom stereocenters. The fourth-order valence-corrected chi connectivity index (χ4v) is 2.27. The van der Waals surface area contributed by atoms with Gasteiger partial charge in [0, 0.05) is 36.7 Å². The van der Waals surface area contributed by atoms with Gasteiger partial charge >= 0.3 is 0 Å². The van der Waals surface area contributed by atoms with E-state index in [0.717, 1.165) is 23.2 Å². The lowest BCUT2D eigenvalue weighted by molar-refractivity contribution is -0.130. The highest BCUT2D eigenvalue weighted by Crippen LogP contribution is 2.12. The van der Waals surface area contributed by atoms with E-state index in [0.29, 0.717) is 18.9 Å². The van der Waals surface area contributed by atoms with Crippen LogP contribution in [0.4, 0.5) is 5.95 Å². The van der Waals surface area contributed by atoms with E-state index in [1.807, 2.05) is 37.1 Å². The van der Waals surface area contributed by atoms with Crippen LogP contribution < -0.4 is 5.32 Å². The van der Waals surface area contributed by atoms with Crippen molar-refractivity contribution < 1.29 is 4.79 Å². The van der Waals surface area contributed by atoms with Crippen molar-refractivity contribution in [3.8, 4) is 0 Å². The number of carbonyl (C=O) groups excluding carboxylic acids is 1. The molecule has 1 amide bonds. The zero-order valence-corrected chi connectivity index (χ0v) is 13.2. The molecule has 108 valence electrons. The first-order valence-electron chi connectivity index (χ1n) is 6.67. The number of anilines is 1. The summed E-state index contributed by atoms with van der Waals surface area (Å²) >= 11 is 3.39. The number of aromatic nitrogens is 3. The lowest BCUT2D eigenvalue weighted by Crippen LogP contribution is -2.31. The predicted octanol–water partition coefficient (Wildman–Crippen LogP) is 2.16. The summed E-state index contributed by atoms with van der Waals surface area (Å²) in [6.07, 6.45) is 2.29. The minimum atomic E-state index is 0.147. The molecule has 2 rings (SSSR count). The van der Waals surface area contributed by atoms with Crippen LogP contribution >= 0.6 is 15.9 Å². The van der Waals surface area contributed by atoms with E-state index in [-0.39, 0.29) is 5.91 Å². The van der Waals surface area contributed by atoms with Crippen LogP contribution in [0.15, 0.2) is 22.8 Å². The SMILES string of the molecule is CCN(CC)C(=O)CCNc1nc2ccc(Br)cn2n1. The smallest absolute Gasteiger partial charge is 0.243 e. The molecule has 1 N–H and O–H groups in total. The van der Waals surface area contributed by atoms with Gasteiger partial charge in [-0.25, -0.2) is 4.52 Å². The second-order valence-corrected chi connectivity index (χ2v) is 5.24. The highest BCUT2D eigenvalue weighted by Gasteiger charge is 2.09. The molecular formula is C13H18BrN5O. The van der Waals surface area contributed by atoms with E-state index in [9.17, 15) is 4.79 Å². The van der Waals surface area contributed by atoms with Crippen molar-refractivity contribution in [2.75, 3.05) is 25.0 Å². The summed E-state index contributed by atoms with van der Waals surface area (Å²) in [4.78, 5) is 18.0. The summed E-state index contributed by atoms with van der Waals surface area (Å²) < 4.78 is 2.64. The topological polar surface area (TPSA) is 62.5 Å². The Balaban J connectivity index is 1.91. The van der Waals surface area contributed by atoms with Gasteiger partial charge in [-0.3, -0.25) is 4.79 Å². The van der Waals surface area contributed by atoms with Gasteiger partial charge in [-0.1, -0.05) is 0 Å². The Morgan fingerprint density at radius 1 is 1.40 bits per heavy atom. The maximum absolute atomic E-state index is 11.8. The van der Waals surface area contributed by atoms with Crippen LogP contribution in [0.5, 0.6) is 0 Å². The van der Waals surface area contributed by atoms with Gasteiger partial charge < -0.3 is 10.2 Å². The number of nitrogens with zero attached hydrogens (tertiary/aromatic N) is 4. The molecule has 0 radical (unpaired) electrons. The molecule has 6 nitrogen and oxygen atoms in total. The zero-order valence-electron chi connectivity index (χ0n) is 11.6. The Hall–Kier alpha value is -1.63.